The van der Waals surface area contributed by atoms with E-state index in [1.807, 2.05) is 0 Å². The van der Waals surface area contributed by atoms with Gasteiger partial charge < -0.3 is 11.1 Å². The van der Waals surface area contributed by atoms with E-state index in [1.54, 1.807) is 6.20 Å². The van der Waals surface area contributed by atoms with Crippen LogP contribution in [0.25, 0.3) is 0 Å². The van der Waals surface area contributed by atoms with Crippen LogP contribution in [0.3, 0.4) is 0 Å². The lowest BCUT2D eigenvalue weighted by molar-refractivity contribution is -0.121. The highest BCUT2D eigenvalue weighted by Gasteiger charge is 2.03. The Hall–Kier alpha value is -1.52. The van der Waals surface area contributed by atoms with E-state index >= 15 is 0 Å². The molecule has 15 heavy (non-hydrogen) atoms. The summed E-state index contributed by atoms with van der Waals surface area (Å²) < 4.78 is 1.53. The van der Waals surface area contributed by atoms with Crippen LogP contribution in [0.4, 0.5) is 5.69 Å². The van der Waals surface area contributed by atoms with Gasteiger partial charge in [0.15, 0.2) is 0 Å². The third kappa shape index (κ3) is 4.49. The van der Waals surface area contributed by atoms with Crippen molar-refractivity contribution in [3.8, 4) is 0 Å². The van der Waals surface area contributed by atoms with E-state index in [0.717, 1.165) is 6.42 Å². The van der Waals surface area contributed by atoms with Gasteiger partial charge in [-0.3, -0.25) is 9.48 Å². The summed E-state index contributed by atoms with van der Waals surface area (Å²) >= 11 is 0. The van der Waals surface area contributed by atoms with E-state index in [1.165, 1.54) is 10.9 Å². The Labute approximate surface area is 89.6 Å². The van der Waals surface area contributed by atoms with Gasteiger partial charge in [0.25, 0.3) is 0 Å². The quantitative estimate of drug-likeness (QED) is 0.748. The first-order valence-electron chi connectivity index (χ1n) is 5.12. The molecule has 1 amide bonds. The number of aromatic nitrogens is 2. The first-order valence-corrected chi connectivity index (χ1v) is 5.12. The van der Waals surface area contributed by atoms with E-state index in [0.29, 0.717) is 18.2 Å². The number of nitrogens with one attached hydrogen (secondary N) is 1. The van der Waals surface area contributed by atoms with Crippen LogP contribution in [0, 0.1) is 5.92 Å². The zero-order valence-corrected chi connectivity index (χ0v) is 9.23. The van der Waals surface area contributed by atoms with Crippen LogP contribution in [0.15, 0.2) is 12.4 Å². The van der Waals surface area contributed by atoms with Crippen LogP contribution in [0.5, 0.6) is 0 Å². The number of rotatable bonds is 5. The smallest absolute Gasteiger partial charge is 0.241 e. The largest absolute Gasteiger partial charge is 0.396 e. The van der Waals surface area contributed by atoms with Crippen molar-refractivity contribution in [1.29, 1.82) is 0 Å². The average molecular weight is 210 g/mol. The van der Waals surface area contributed by atoms with Gasteiger partial charge in [0.2, 0.25) is 5.91 Å². The zero-order chi connectivity index (χ0) is 11.3. The molecule has 0 fully saturated rings. The predicted octanol–water partition coefficient (Wildman–Crippen LogP) is 0.628. The molecular weight excluding hydrogens is 192 g/mol. The van der Waals surface area contributed by atoms with E-state index in [2.05, 4.69) is 24.3 Å². The first-order chi connectivity index (χ1) is 7.08. The molecule has 3 N–H and O–H groups in total. The van der Waals surface area contributed by atoms with Crippen molar-refractivity contribution in [2.24, 2.45) is 5.92 Å². The Balaban J connectivity index is 2.24. The summed E-state index contributed by atoms with van der Waals surface area (Å²) in [5.41, 5.74) is 6.05. The van der Waals surface area contributed by atoms with Crippen molar-refractivity contribution in [3.63, 3.8) is 0 Å². The minimum atomic E-state index is -0.0289. The van der Waals surface area contributed by atoms with Gasteiger partial charge in [0.05, 0.1) is 11.9 Å². The van der Waals surface area contributed by atoms with E-state index in [9.17, 15) is 4.79 Å². The second kappa shape index (κ2) is 5.38. The van der Waals surface area contributed by atoms with Crippen molar-refractivity contribution < 1.29 is 4.79 Å². The summed E-state index contributed by atoms with van der Waals surface area (Å²) in [6, 6.07) is 0. The Kier molecular flexibility index (Phi) is 4.15. The Morgan fingerprint density at radius 1 is 1.67 bits per heavy atom. The molecule has 0 atom stereocenters. The van der Waals surface area contributed by atoms with Gasteiger partial charge in [-0.15, -0.1) is 0 Å². The average Bonchev–Trinajstić information content (AvgIpc) is 2.50. The number of nitrogens with zero attached hydrogens (tertiary/aromatic N) is 2. The minimum absolute atomic E-state index is 0.0289. The highest BCUT2D eigenvalue weighted by molar-refractivity contribution is 5.75. The molecule has 1 rings (SSSR count). The lowest BCUT2D eigenvalue weighted by atomic mass is 10.1. The summed E-state index contributed by atoms with van der Waals surface area (Å²) in [5, 5.41) is 6.76. The molecule has 0 spiro atoms. The SMILES string of the molecule is CC(C)CCNC(=O)Cn1cc(N)cn1. The molecule has 0 bridgehead atoms. The predicted molar refractivity (Wildman–Crippen MR) is 59.1 cm³/mol. The van der Waals surface area contributed by atoms with Crippen molar-refractivity contribution in [3.05, 3.63) is 12.4 Å². The Morgan fingerprint density at radius 3 is 2.93 bits per heavy atom. The fourth-order valence-corrected chi connectivity index (χ4v) is 1.17. The molecule has 0 unspecified atom stereocenters. The number of nitrogens with two attached hydrogens (primary N) is 1. The lowest BCUT2D eigenvalue weighted by Gasteiger charge is -2.06. The Morgan fingerprint density at radius 2 is 2.40 bits per heavy atom. The first kappa shape index (κ1) is 11.6. The van der Waals surface area contributed by atoms with Crippen LogP contribution in [-0.4, -0.2) is 22.2 Å². The van der Waals surface area contributed by atoms with E-state index < -0.39 is 0 Å². The molecular formula is C10H18N4O. The monoisotopic (exact) mass is 210 g/mol. The second-order valence-electron chi connectivity index (χ2n) is 4.00. The molecule has 5 heteroatoms. The van der Waals surface area contributed by atoms with Crippen LogP contribution >= 0.6 is 0 Å². The van der Waals surface area contributed by atoms with Crippen molar-refractivity contribution >= 4 is 11.6 Å². The van der Waals surface area contributed by atoms with Gasteiger partial charge >= 0.3 is 0 Å². The normalized spacial score (nSPS) is 10.6. The molecule has 0 aliphatic rings. The molecule has 1 aromatic heterocycles. The van der Waals surface area contributed by atoms with Crippen LogP contribution in [0.1, 0.15) is 20.3 Å². The van der Waals surface area contributed by atoms with Crippen LogP contribution in [-0.2, 0) is 11.3 Å². The van der Waals surface area contributed by atoms with Crippen LogP contribution < -0.4 is 11.1 Å². The summed E-state index contributed by atoms with van der Waals surface area (Å²) in [5.74, 6) is 0.574. The fraction of sp³-hybridized carbons (Fsp3) is 0.600. The van der Waals surface area contributed by atoms with Gasteiger partial charge in [0, 0.05) is 12.7 Å². The lowest BCUT2D eigenvalue weighted by Crippen LogP contribution is -2.29. The van der Waals surface area contributed by atoms with Crippen molar-refractivity contribution in [1.82, 2.24) is 15.1 Å². The number of amides is 1. The molecule has 0 saturated heterocycles. The number of carbonyl (C=O) groups excluding carboxylic acids is 1. The fourth-order valence-electron chi connectivity index (χ4n) is 1.17. The molecule has 0 radical (unpaired) electrons. The molecule has 1 heterocycles. The van der Waals surface area contributed by atoms with Crippen molar-refractivity contribution in [2.45, 2.75) is 26.8 Å². The van der Waals surface area contributed by atoms with Crippen molar-refractivity contribution in [2.75, 3.05) is 12.3 Å². The van der Waals surface area contributed by atoms with Gasteiger partial charge in [-0.05, 0) is 12.3 Å². The van der Waals surface area contributed by atoms with E-state index in [4.69, 9.17) is 5.73 Å². The van der Waals surface area contributed by atoms with Crippen LogP contribution in [0.2, 0.25) is 0 Å². The standard InChI is InChI=1S/C10H18N4O/c1-8(2)3-4-12-10(15)7-14-6-9(11)5-13-14/h5-6,8H,3-4,7,11H2,1-2H3,(H,12,15). The minimum Gasteiger partial charge on any atom is -0.396 e. The number of nitrogen functional groups attached to an aromatic ring is 1. The maximum atomic E-state index is 11.4. The Bertz CT molecular complexity index is 319. The third-order valence-corrected chi connectivity index (χ3v) is 2.00. The number of carbonyl (C=O) groups is 1. The molecule has 84 valence electrons. The molecule has 0 aliphatic carbocycles. The highest BCUT2D eigenvalue weighted by Crippen LogP contribution is 1.98. The van der Waals surface area contributed by atoms with E-state index in [-0.39, 0.29) is 12.5 Å². The number of anilines is 1. The number of hydrogen-bond acceptors (Lipinski definition) is 3. The zero-order valence-electron chi connectivity index (χ0n) is 9.23. The summed E-state index contributed by atoms with van der Waals surface area (Å²) in [6.07, 6.45) is 4.16. The summed E-state index contributed by atoms with van der Waals surface area (Å²) in [4.78, 5) is 11.4. The van der Waals surface area contributed by atoms with Gasteiger partial charge in [0.1, 0.15) is 6.54 Å². The topological polar surface area (TPSA) is 72.9 Å². The third-order valence-electron chi connectivity index (χ3n) is 2.00. The number of hydrogen-bond donors (Lipinski definition) is 2. The maximum Gasteiger partial charge on any atom is 0.241 e. The highest BCUT2D eigenvalue weighted by atomic mass is 16.2. The summed E-state index contributed by atoms with van der Waals surface area (Å²) in [6.45, 7) is 5.20. The molecule has 5 nitrogen and oxygen atoms in total. The molecule has 0 saturated carbocycles. The molecule has 0 aromatic carbocycles. The maximum absolute atomic E-state index is 11.4. The second-order valence-corrected chi connectivity index (χ2v) is 4.00. The molecule has 1 aromatic rings. The van der Waals surface area contributed by atoms with Gasteiger partial charge in [-0.25, -0.2) is 0 Å². The molecule has 0 aliphatic heterocycles. The summed E-state index contributed by atoms with van der Waals surface area (Å²) in [7, 11) is 0. The van der Waals surface area contributed by atoms with Gasteiger partial charge in [-0.1, -0.05) is 13.8 Å². The van der Waals surface area contributed by atoms with Gasteiger partial charge in [-0.2, -0.15) is 5.10 Å².